The molecular formula is C26H18ClIN2O6. The molecule has 8 nitrogen and oxygen atoms in total. The number of carboxylic acid groups (broad SMARTS) is 1. The van der Waals surface area contributed by atoms with Crippen LogP contribution in [0.25, 0.3) is 6.08 Å². The second kappa shape index (κ2) is 10.5. The molecule has 1 aliphatic rings. The minimum atomic E-state index is -0.998. The van der Waals surface area contributed by atoms with Crippen molar-refractivity contribution in [3.63, 3.8) is 0 Å². The highest BCUT2D eigenvalue weighted by Crippen LogP contribution is 2.28. The van der Waals surface area contributed by atoms with Gasteiger partial charge >= 0.3 is 12.0 Å². The van der Waals surface area contributed by atoms with Crippen LogP contribution in [0.2, 0.25) is 5.02 Å². The van der Waals surface area contributed by atoms with Gasteiger partial charge in [-0.1, -0.05) is 35.9 Å². The number of aryl methyl sites for hydroxylation is 1. The standard InChI is InChI=1S/C26H18ClIN2O6/c1-14-2-8-18(12-20(14)27)30-24(32)19(23(31)29-26(30)35)10-16-5-9-22(21(28)11-16)36-13-15-3-6-17(7-4-15)25(33)34/h2-12H,13H2,1H3,(H,33,34)(H,29,31,35)/b19-10-. The van der Waals surface area contributed by atoms with Gasteiger partial charge in [-0.3, -0.25) is 14.9 Å². The Kier molecular flexibility index (Phi) is 7.41. The van der Waals surface area contributed by atoms with Crippen LogP contribution in [0.4, 0.5) is 10.5 Å². The summed E-state index contributed by atoms with van der Waals surface area (Å²) in [5.41, 5.74) is 2.39. The lowest BCUT2D eigenvalue weighted by Gasteiger charge is -2.26. The number of ether oxygens (including phenoxy) is 1. The van der Waals surface area contributed by atoms with Gasteiger partial charge in [0.2, 0.25) is 0 Å². The Morgan fingerprint density at radius 2 is 1.81 bits per heavy atom. The quantitative estimate of drug-likeness (QED) is 0.224. The zero-order chi connectivity index (χ0) is 26.0. The molecule has 1 heterocycles. The summed E-state index contributed by atoms with van der Waals surface area (Å²) in [4.78, 5) is 49.8. The zero-order valence-electron chi connectivity index (χ0n) is 18.7. The fraction of sp³-hybridized carbons (Fsp3) is 0.0769. The number of nitrogens with zero attached hydrogens (tertiary/aromatic N) is 1. The Bertz CT molecular complexity index is 1430. The highest BCUT2D eigenvalue weighted by Gasteiger charge is 2.37. The first kappa shape index (κ1) is 25.4. The molecule has 36 heavy (non-hydrogen) atoms. The number of imide groups is 2. The minimum Gasteiger partial charge on any atom is -0.488 e. The molecule has 1 fully saturated rings. The van der Waals surface area contributed by atoms with Gasteiger partial charge in [-0.25, -0.2) is 14.5 Å². The molecule has 0 saturated carbocycles. The SMILES string of the molecule is Cc1ccc(N2C(=O)NC(=O)/C(=C/c3ccc(OCc4ccc(C(=O)O)cc4)c(I)c3)C2=O)cc1Cl. The number of amides is 4. The van der Waals surface area contributed by atoms with E-state index in [0.29, 0.717) is 16.3 Å². The summed E-state index contributed by atoms with van der Waals surface area (Å²) in [5, 5.41) is 11.6. The van der Waals surface area contributed by atoms with Crippen LogP contribution < -0.4 is 15.0 Å². The highest BCUT2D eigenvalue weighted by molar-refractivity contribution is 14.1. The predicted molar refractivity (Wildman–Crippen MR) is 142 cm³/mol. The van der Waals surface area contributed by atoms with Crippen molar-refractivity contribution in [3.8, 4) is 5.75 Å². The van der Waals surface area contributed by atoms with Crippen molar-refractivity contribution >= 4 is 69.8 Å². The molecule has 0 radical (unpaired) electrons. The maximum absolute atomic E-state index is 13.1. The maximum Gasteiger partial charge on any atom is 0.335 e. The zero-order valence-corrected chi connectivity index (χ0v) is 21.7. The van der Waals surface area contributed by atoms with E-state index in [2.05, 4.69) is 27.9 Å². The topological polar surface area (TPSA) is 113 Å². The summed E-state index contributed by atoms with van der Waals surface area (Å²) in [7, 11) is 0. The number of benzene rings is 3. The number of carboxylic acids is 1. The Labute approximate surface area is 224 Å². The molecule has 0 unspecified atom stereocenters. The maximum atomic E-state index is 13.1. The fourth-order valence-electron chi connectivity index (χ4n) is 3.41. The number of halogens is 2. The minimum absolute atomic E-state index is 0.192. The van der Waals surface area contributed by atoms with Crippen molar-refractivity contribution in [2.45, 2.75) is 13.5 Å². The van der Waals surface area contributed by atoms with E-state index in [-0.39, 0.29) is 23.4 Å². The van der Waals surface area contributed by atoms with Crippen LogP contribution in [0.1, 0.15) is 27.0 Å². The van der Waals surface area contributed by atoms with E-state index in [1.807, 2.05) is 0 Å². The number of urea groups is 1. The molecule has 0 aromatic heterocycles. The molecule has 1 saturated heterocycles. The Morgan fingerprint density at radius 1 is 1.08 bits per heavy atom. The van der Waals surface area contributed by atoms with Gasteiger partial charge in [0.15, 0.2) is 0 Å². The molecule has 0 aliphatic carbocycles. The van der Waals surface area contributed by atoms with E-state index < -0.39 is 23.8 Å². The summed E-state index contributed by atoms with van der Waals surface area (Å²) in [6, 6.07) is 15.4. The van der Waals surface area contributed by atoms with Gasteiger partial charge in [0.05, 0.1) is 14.8 Å². The summed E-state index contributed by atoms with van der Waals surface area (Å²) < 4.78 is 6.56. The molecule has 2 N–H and O–H groups in total. The second-order valence-corrected chi connectivity index (χ2v) is 9.44. The molecule has 182 valence electrons. The number of hydrogen-bond donors (Lipinski definition) is 2. The van der Waals surface area contributed by atoms with Gasteiger partial charge in [0.1, 0.15) is 17.9 Å². The second-order valence-electron chi connectivity index (χ2n) is 7.87. The third-order valence-corrected chi connectivity index (χ3v) is 6.63. The first-order valence-electron chi connectivity index (χ1n) is 10.6. The number of barbiturate groups is 1. The Morgan fingerprint density at radius 3 is 2.44 bits per heavy atom. The number of rotatable bonds is 6. The van der Waals surface area contributed by atoms with E-state index in [9.17, 15) is 19.2 Å². The number of anilines is 1. The molecule has 0 spiro atoms. The van der Waals surface area contributed by atoms with Gasteiger partial charge in [0.25, 0.3) is 11.8 Å². The van der Waals surface area contributed by atoms with E-state index in [0.717, 1.165) is 19.6 Å². The average Bonchev–Trinajstić information content (AvgIpc) is 2.83. The van der Waals surface area contributed by atoms with Crippen LogP contribution >= 0.6 is 34.2 Å². The number of aromatic carboxylic acids is 1. The predicted octanol–water partition coefficient (Wildman–Crippen LogP) is 5.20. The van der Waals surface area contributed by atoms with Crippen LogP contribution in [0.5, 0.6) is 5.75 Å². The van der Waals surface area contributed by atoms with Crippen molar-refractivity contribution in [2.75, 3.05) is 4.90 Å². The molecule has 1 aliphatic heterocycles. The van der Waals surface area contributed by atoms with Crippen molar-refractivity contribution in [1.82, 2.24) is 5.32 Å². The van der Waals surface area contributed by atoms with Crippen molar-refractivity contribution in [3.05, 3.63) is 97.1 Å². The highest BCUT2D eigenvalue weighted by atomic mass is 127. The molecule has 3 aromatic rings. The molecular weight excluding hydrogens is 599 g/mol. The van der Waals surface area contributed by atoms with Crippen LogP contribution in [0.3, 0.4) is 0 Å². The van der Waals surface area contributed by atoms with E-state index in [4.69, 9.17) is 21.4 Å². The average molecular weight is 617 g/mol. The monoisotopic (exact) mass is 616 g/mol. The van der Waals surface area contributed by atoms with Crippen molar-refractivity contribution < 1.29 is 29.0 Å². The summed E-state index contributed by atoms with van der Waals surface area (Å²) in [6.45, 7) is 2.02. The van der Waals surface area contributed by atoms with E-state index >= 15 is 0 Å². The van der Waals surface area contributed by atoms with Crippen LogP contribution in [0, 0.1) is 10.5 Å². The third-order valence-electron chi connectivity index (χ3n) is 5.38. The number of hydrogen-bond acceptors (Lipinski definition) is 5. The van der Waals surface area contributed by atoms with Gasteiger partial charge in [0, 0.05) is 5.02 Å². The lowest BCUT2D eigenvalue weighted by Crippen LogP contribution is -2.54. The number of nitrogens with one attached hydrogen (secondary N) is 1. The first-order valence-corrected chi connectivity index (χ1v) is 12.0. The third kappa shape index (κ3) is 5.42. The van der Waals surface area contributed by atoms with Gasteiger partial charge in [-0.2, -0.15) is 0 Å². The molecule has 4 amide bonds. The van der Waals surface area contributed by atoms with E-state index in [1.165, 1.54) is 24.3 Å². The fourth-order valence-corrected chi connectivity index (χ4v) is 4.28. The number of carbonyl (C=O) groups excluding carboxylic acids is 3. The van der Waals surface area contributed by atoms with Gasteiger partial charge in [-0.05, 0) is 88.7 Å². The lowest BCUT2D eigenvalue weighted by molar-refractivity contribution is -0.122. The lowest BCUT2D eigenvalue weighted by atomic mass is 10.1. The molecule has 3 aromatic carbocycles. The first-order chi connectivity index (χ1) is 17.1. The Balaban J connectivity index is 1.53. The van der Waals surface area contributed by atoms with E-state index in [1.54, 1.807) is 49.4 Å². The summed E-state index contributed by atoms with van der Waals surface area (Å²) >= 11 is 8.23. The van der Waals surface area contributed by atoms with Gasteiger partial charge in [-0.15, -0.1) is 0 Å². The van der Waals surface area contributed by atoms with Crippen molar-refractivity contribution in [2.24, 2.45) is 0 Å². The molecule has 0 bridgehead atoms. The normalized spacial score (nSPS) is 14.7. The van der Waals surface area contributed by atoms with Crippen molar-refractivity contribution in [1.29, 1.82) is 0 Å². The molecule has 4 rings (SSSR count). The summed E-state index contributed by atoms with van der Waals surface area (Å²) in [5.74, 6) is -1.98. The summed E-state index contributed by atoms with van der Waals surface area (Å²) in [6.07, 6.45) is 1.41. The van der Waals surface area contributed by atoms with Crippen LogP contribution in [-0.2, 0) is 16.2 Å². The largest absolute Gasteiger partial charge is 0.488 e. The molecule has 10 heteroatoms. The van der Waals surface area contributed by atoms with Crippen LogP contribution in [0.15, 0.2) is 66.2 Å². The Hall–Kier alpha value is -3.70. The molecule has 0 atom stereocenters. The van der Waals surface area contributed by atoms with Gasteiger partial charge < -0.3 is 9.84 Å². The number of carbonyl (C=O) groups is 4. The smallest absolute Gasteiger partial charge is 0.335 e. The van der Waals surface area contributed by atoms with Crippen LogP contribution in [-0.4, -0.2) is 28.9 Å².